The van der Waals surface area contributed by atoms with Crippen molar-refractivity contribution < 1.29 is 4.79 Å². The second-order valence-electron chi connectivity index (χ2n) is 4.92. The number of carbonyl (C=O) groups is 1. The molecule has 20 heavy (non-hydrogen) atoms. The first-order valence-corrected chi connectivity index (χ1v) is 6.59. The summed E-state index contributed by atoms with van der Waals surface area (Å²) >= 11 is 0. The number of amidine groups is 1. The molecule has 5 nitrogen and oxygen atoms in total. The summed E-state index contributed by atoms with van der Waals surface area (Å²) in [7, 11) is 3.98. The van der Waals surface area contributed by atoms with Gasteiger partial charge >= 0.3 is 0 Å². The Morgan fingerprint density at radius 1 is 1.30 bits per heavy atom. The van der Waals surface area contributed by atoms with E-state index in [1.54, 1.807) is 4.90 Å². The molecule has 0 radical (unpaired) electrons. The highest BCUT2D eigenvalue weighted by Gasteiger charge is 2.26. The maximum absolute atomic E-state index is 12.2. The van der Waals surface area contributed by atoms with E-state index in [4.69, 9.17) is 5.73 Å². The molecule has 0 aliphatic carbocycles. The largest absolute Gasteiger partial charge is 0.378 e. The van der Waals surface area contributed by atoms with E-state index in [9.17, 15) is 4.79 Å². The second kappa shape index (κ2) is 5.88. The van der Waals surface area contributed by atoms with Gasteiger partial charge in [-0.1, -0.05) is 12.1 Å². The average Bonchev–Trinajstić information content (AvgIpc) is 2.67. The molecule has 0 saturated carbocycles. The van der Waals surface area contributed by atoms with Crippen LogP contribution in [0.2, 0.25) is 0 Å². The molecular formula is C15H20N4O. The smallest absolute Gasteiger partial charge is 0.277 e. The van der Waals surface area contributed by atoms with Crippen molar-refractivity contribution in [3.05, 3.63) is 35.5 Å². The fraction of sp³-hybridized carbons (Fsp3) is 0.333. The molecule has 0 bridgehead atoms. The van der Waals surface area contributed by atoms with Crippen LogP contribution < -0.4 is 10.6 Å². The molecule has 1 aliphatic rings. The van der Waals surface area contributed by atoms with Crippen LogP contribution in [0.15, 0.2) is 35.0 Å². The van der Waals surface area contributed by atoms with Gasteiger partial charge in [0.05, 0.1) is 0 Å². The van der Waals surface area contributed by atoms with Crippen molar-refractivity contribution in [1.29, 1.82) is 0 Å². The first kappa shape index (κ1) is 14.3. The van der Waals surface area contributed by atoms with Crippen molar-refractivity contribution in [1.82, 2.24) is 4.90 Å². The zero-order valence-electron chi connectivity index (χ0n) is 12.1. The number of amides is 1. The lowest BCUT2D eigenvalue weighted by molar-refractivity contribution is -0.122. The lowest BCUT2D eigenvalue weighted by Crippen LogP contribution is -2.34. The van der Waals surface area contributed by atoms with Gasteiger partial charge < -0.3 is 10.6 Å². The predicted molar refractivity (Wildman–Crippen MR) is 82.6 cm³/mol. The Morgan fingerprint density at radius 2 is 1.95 bits per heavy atom. The maximum atomic E-state index is 12.2. The molecule has 5 heteroatoms. The summed E-state index contributed by atoms with van der Waals surface area (Å²) in [6, 6.07) is 7.98. The first-order chi connectivity index (χ1) is 9.52. The molecule has 0 fully saturated rings. The Labute approximate surface area is 119 Å². The summed E-state index contributed by atoms with van der Waals surface area (Å²) in [6.45, 7) is 2.76. The summed E-state index contributed by atoms with van der Waals surface area (Å²) in [6.07, 6.45) is 1.81. The van der Waals surface area contributed by atoms with Crippen LogP contribution >= 0.6 is 0 Å². The highest BCUT2D eigenvalue weighted by molar-refractivity contribution is 6.13. The number of carbonyl (C=O) groups excluding carboxylic acids is 1. The molecule has 1 aliphatic heterocycles. The van der Waals surface area contributed by atoms with E-state index in [0.717, 1.165) is 11.3 Å². The minimum absolute atomic E-state index is 0.0790. The van der Waals surface area contributed by atoms with E-state index in [1.165, 1.54) is 0 Å². The van der Waals surface area contributed by atoms with Crippen LogP contribution in [0, 0.1) is 0 Å². The minimum Gasteiger partial charge on any atom is -0.378 e. The number of hydrogen-bond acceptors (Lipinski definition) is 4. The van der Waals surface area contributed by atoms with Crippen LogP contribution in [0.5, 0.6) is 0 Å². The molecule has 0 atom stereocenters. The first-order valence-electron chi connectivity index (χ1n) is 6.59. The van der Waals surface area contributed by atoms with Crippen molar-refractivity contribution in [2.24, 2.45) is 10.7 Å². The van der Waals surface area contributed by atoms with Crippen molar-refractivity contribution >= 4 is 23.5 Å². The zero-order chi connectivity index (χ0) is 14.7. The van der Waals surface area contributed by atoms with Crippen LogP contribution in [-0.2, 0) is 4.79 Å². The number of aliphatic imine (C=N–C) groups is 1. The number of anilines is 1. The normalized spacial score (nSPS) is 16.8. The summed E-state index contributed by atoms with van der Waals surface area (Å²) < 4.78 is 0. The van der Waals surface area contributed by atoms with Crippen LogP contribution in [0.1, 0.15) is 12.5 Å². The number of rotatable bonds is 4. The van der Waals surface area contributed by atoms with E-state index in [1.807, 2.05) is 56.3 Å². The quantitative estimate of drug-likeness (QED) is 0.841. The summed E-state index contributed by atoms with van der Waals surface area (Å²) in [5.41, 5.74) is 8.05. The average molecular weight is 272 g/mol. The second-order valence-corrected chi connectivity index (χ2v) is 4.92. The molecule has 1 aromatic rings. The molecular weight excluding hydrogens is 252 g/mol. The molecule has 0 unspecified atom stereocenters. The lowest BCUT2D eigenvalue weighted by Gasteiger charge is -2.13. The van der Waals surface area contributed by atoms with Gasteiger partial charge in [-0.2, -0.15) is 0 Å². The molecule has 2 N–H and O–H groups in total. The van der Waals surface area contributed by atoms with Crippen LogP contribution in [0.3, 0.4) is 0 Å². The third-order valence-corrected chi connectivity index (χ3v) is 3.20. The number of hydrogen-bond donors (Lipinski definition) is 1. The summed E-state index contributed by atoms with van der Waals surface area (Å²) in [5.74, 6) is 0.626. The number of nitrogens with zero attached hydrogens (tertiary/aromatic N) is 3. The molecule has 0 aromatic heterocycles. The van der Waals surface area contributed by atoms with E-state index >= 15 is 0 Å². The van der Waals surface area contributed by atoms with Crippen molar-refractivity contribution in [2.75, 3.05) is 32.1 Å². The zero-order valence-corrected chi connectivity index (χ0v) is 12.1. The Kier molecular flexibility index (Phi) is 4.20. The van der Waals surface area contributed by atoms with Crippen molar-refractivity contribution in [3.8, 4) is 0 Å². The van der Waals surface area contributed by atoms with Crippen molar-refractivity contribution in [3.63, 3.8) is 0 Å². The van der Waals surface area contributed by atoms with Gasteiger partial charge in [0, 0.05) is 32.9 Å². The fourth-order valence-electron chi connectivity index (χ4n) is 2.08. The van der Waals surface area contributed by atoms with E-state index in [-0.39, 0.29) is 5.91 Å². The third kappa shape index (κ3) is 2.88. The monoisotopic (exact) mass is 272 g/mol. The van der Waals surface area contributed by atoms with Crippen LogP contribution in [0.4, 0.5) is 5.69 Å². The van der Waals surface area contributed by atoms with E-state index in [2.05, 4.69) is 4.99 Å². The van der Waals surface area contributed by atoms with Gasteiger partial charge in [-0.05, 0) is 30.7 Å². The third-order valence-electron chi connectivity index (χ3n) is 3.20. The Balaban J connectivity index is 2.21. The highest BCUT2D eigenvalue weighted by atomic mass is 16.2. The minimum atomic E-state index is -0.0790. The van der Waals surface area contributed by atoms with Gasteiger partial charge in [0.2, 0.25) is 0 Å². The Morgan fingerprint density at radius 3 is 2.50 bits per heavy atom. The molecule has 2 rings (SSSR count). The molecule has 1 heterocycles. The van der Waals surface area contributed by atoms with Gasteiger partial charge in [0.15, 0.2) is 0 Å². The molecule has 0 saturated heterocycles. The molecule has 1 amide bonds. The molecule has 0 spiro atoms. The Hall–Kier alpha value is -2.14. The lowest BCUT2D eigenvalue weighted by atomic mass is 10.1. The highest BCUT2D eigenvalue weighted by Crippen LogP contribution is 2.19. The van der Waals surface area contributed by atoms with E-state index < -0.39 is 0 Å². The predicted octanol–water partition coefficient (Wildman–Crippen LogP) is 1.31. The van der Waals surface area contributed by atoms with Crippen molar-refractivity contribution in [2.45, 2.75) is 6.92 Å². The number of nitrogens with two attached hydrogens (primary N) is 1. The van der Waals surface area contributed by atoms with Crippen LogP contribution in [-0.4, -0.2) is 43.8 Å². The fourth-order valence-corrected chi connectivity index (χ4v) is 2.08. The van der Waals surface area contributed by atoms with Crippen LogP contribution in [0.25, 0.3) is 6.08 Å². The SMILES string of the molecule is CC1=N/C(=C\c2ccc(N(C)C)cc2)C(=O)N1CCN. The van der Waals surface area contributed by atoms with Gasteiger partial charge in [-0.3, -0.25) is 9.69 Å². The van der Waals surface area contributed by atoms with Gasteiger partial charge in [0.25, 0.3) is 5.91 Å². The van der Waals surface area contributed by atoms with Gasteiger partial charge in [-0.25, -0.2) is 4.99 Å². The maximum Gasteiger partial charge on any atom is 0.277 e. The standard InChI is InChI=1S/C15H20N4O/c1-11-17-14(15(20)19(11)9-8-16)10-12-4-6-13(7-5-12)18(2)3/h4-7,10H,8-9,16H2,1-3H3/b14-10-. The Bertz CT molecular complexity index is 558. The topological polar surface area (TPSA) is 61.9 Å². The molecule has 1 aromatic carbocycles. The summed E-state index contributed by atoms with van der Waals surface area (Å²) in [4.78, 5) is 20.1. The van der Waals surface area contributed by atoms with Gasteiger partial charge in [0.1, 0.15) is 11.5 Å². The summed E-state index contributed by atoms with van der Waals surface area (Å²) in [5, 5.41) is 0. The molecule has 106 valence electrons. The van der Waals surface area contributed by atoms with Gasteiger partial charge in [-0.15, -0.1) is 0 Å². The van der Waals surface area contributed by atoms with E-state index in [0.29, 0.717) is 24.6 Å². The number of benzene rings is 1.